The van der Waals surface area contributed by atoms with Crippen molar-refractivity contribution in [2.45, 2.75) is 13.5 Å². The molecule has 0 radical (unpaired) electrons. The van der Waals surface area contributed by atoms with Crippen LogP contribution in [0.4, 0.5) is 5.69 Å². The fraction of sp³-hybridized carbons (Fsp3) is 0.188. The molecule has 0 unspecified atom stereocenters. The number of nitrogens with one attached hydrogen (secondary N) is 1. The van der Waals surface area contributed by atoms with Crippen molar-refractivity contribution in [2.24, 2.45) is 7.05 Å². The lowest BCUT2D eigenvalue weighted by atomic mass is 10.1. The van der Waals surface area contributed by atoms with Gasteiger partial charge in [0.15, 0.2) is 5.82 Å². The van der Waals surface area contributed by atoms with Gasteiger partial charge in [0.2, 0.25) is 0 Å². The topological polar surface area (TPSA) is 55.6 Å². The van der Waals surface area contributed by atoms with Crippen LogP contribution in [-0.2, 0) is 13.6 Å². The van der Waals surface area contributed by atoms with Gasteiger partial charge in [-0.05, 0) is 40.6 Å². The molecule has 2 aromatic carbocycles. The van der Waals surface area contributed by atoms with E-state index in [9.17, 15) is 0 Å². The van der Waals surface area contributed by atoms with Crippen molar-refractivity contribution in [1.82, 2.24) is 20.2 Å². The van der Waals surface area contributed by atoms with Crippen molar-refractivity contribution in [3.05, 3.63) is 59.7 Å². The lowest BCUT2D eigenvalue weighted by Crippen LogP contribution is -2.01. The van der Waals surface area contributed by atoms with E-state index >= 15 is 0 Å². The first kappa shape index (κ1) is 13.3. The standard InChI is InChI=1S/C16H17N5/c1-12-6-3-4-7-14(12)11-17-15-9-5-8-13(10-15)16-18-19-20-21(16)2/h3-10,17H,11H2,1-2H3. The van der Waals surface area contributed by atoms with Crippen LogP contribution in [0.15, 0.2) is 48.5 Å². The van der Waals surface area contributed by atoms with Crippen molar-refractivity contribution < 1.29 is 0 Å². The second-order valence-electron chi connectivity index (χ2n) is 4.99. The summed E-state index contributed by atoms with van der Waals surface area (Å²) in [7, 11) is 1.84. The number of rotatable bonds is 4. The number of aromatic nitrogens is 4. The molecule has 1 N–H and O–H groups in total. The first-order valence-corrected chi connectivity index (χ1v) is 6.85. The van der Waals surface area contributed by atoms with E-state index in [4.69, 9.17) is 0 Å². The molecule has 3 rings (SSSR count). The number of tetrazole rings is 1. The maximum absolute atomic E-state index is 4.03. The second kappa shape index (κ2) is 5.75. The van der Waals surface area contributed by atoms with Gasteiger partial charge >= 0.3 is 0 Å². The summed E-state index contributed by atoms with van der Waals surface area (Å²) in [6, 6.07) is 16.5. The molecule has 21 heavy (non-hydrogen) atoms. The van der Waals surface area contributed by atoms with Crippen LogP contribution < -0.4 is 5.32 Å². The first-order valence-electron chi connectivity index (χ1n) is 6.85. The highest BCUT2D eigenvalue weighted by atomic mass is 15.5. The molecule has 3 aromatic rings. The summed E-state index contributed by atoms with van der Waals surface area (Å²) in [6.07, 6.45) is 0. The Hall–Kier alpha value is -2.69. The van der Waals surface area contributed by atoms with Crippen LogP contribution in [0.2, 0.25) is 0 Å². The maximum atomic E-state index is 4.03. The minimum Gasteiger partial charge on any atom is -0.381 e. The predicted molar refractivity (Wildman–Crippen MR) is 82.7 cm³/mol. The average molecular weight is 279 g/mol. The molecule has 0 aliphatic heterocycles. The van der Waals surface area contributed by atoms with Crippen LogP contribution in [0, 0.1) is 6.92 Å². The van der Waals surface area contributed by atoms with Gasteiger partial charge in [-0.1, -0.05) is 36.4 Å². The minimum absolute atomic E-state index is 0.759. The third-order valence-corrected chi connectivity index (χ3v) is 3.49. The zero-order valence-corrected chi connectivity index (χ0v) is 12.1. The van der Waals surface area contributed by atoms with Crippen LogP contribution in [0.3, 0.4) is 0 Å². The molecule has 0 saturated heterocycles. The van der Waals surface area contributed by atoms with Gasteiger partial charge in [0.25, 0.3) is 0 Å². The lowest BCUT2D eigenvalue weighted by Gasteiger charge is -2.10. The molecule has 5 heteroatoms. The molecular weight excluding hydrogens is 262 g/mol. The van der Waals surface area contributed by atoms with Crippen LogP contribution in [-0.4, -0.2) is 20.2 Å². The molecule has 0 atom stereocenters. The minimum atomic E-state index is 0.759. The van der Waals surface area contributed by atoms with Gasteiger partial charge in [-0.3, -0.25) is 0 Å². The molecule has 5 nitrogen and oxygen atoms in total. The Morgan fingerprint density at radius 3 is 2.71 bits per heavy atom. The van der Waals surface area contributed by atoms with Crippen molar-refractivity contribution >= 4 is 5.69 Å². The average Bonchev–Trinajstić information content (AvgIpc) is 2.93. The summed E-state index contributed by atoms with van der Waals surface area (Å²) in [5.74, 6) is 0.759. The second-order valence-corrected chi connectivity index (χ2v) is 4.99. The van der Waals surface area contributed by atoms with Gasteiger partial charge < -0.3 is 5.32 Å². The lowest BCUT2D eigenvalue weighted by molar-refractivity contribution is 0.714. The first-order chi connectivity index (χ1) is 10.2. The third kappa shape index (κ3) is 2.91. The highest BCUT2D eigenvalue weighted by Gasteiger charge is 2.06. The Bertz CT molecular complexity index is 748. The quantitative estimate of drug-likeness (QED) is 0.798. The Balaban J connectivity index is 1.78. The predicted octanol–water partition coefficient (Wildman–Crippen LogP) is 2.80. The van der Waals surface area contributed by atoms with Crippen LogP contribution in [0.25, 0.3) is 11.4 Å². The van der Waals surface area contributed by atoms with E-state index in [1.54, 1.807) is 4.68 Å². The summed E-state index contributed by atoms with van der Waals surface area (Å²) >= 11 is 0. The Morgan fingerprint density at radius 1 is 1.10 bits per heavy atom. The van der Waals surface area contributed by atoms with E-state index in [-0.39, 0.29) is 0 Å². The van der Waals surface area contributed by atoms with Crippen molar-refractivity contribution in [3.8, 4) is 11.4 Å². The molecule has 0 amide bonds. The van der Waals surface area contributed by atoms with Crippen molar-refractivity contribution in [2.75, 3.05) is 5.32 Å². The number of anilines is 1. The van der Waals surface area contributed by atoms with E-state index in [1.807, 2.05) is 25.2 Å². The summed E-state index contributed by atoms with van der Waals surface area (Å²) in [5, 5.41) is 15.0. The number of benzene rings is 2. The largest absolute Gasteiger partial charge is 0.381 e. The van der Waals surface area contributed by atoms with Crippen molar-refractivity contribution in [1.29, 1.82) is 0 Å². The van der Waals surface area contributed by atoms with Crippen LogP contribution in [0.1, 0.15) is 11.1 Å². The number of hydrogen-bond acceptors (Lipinski definition) is 4. The van der Waals surface area contributed by atoms with E-state index in [0.29, 0.717) is 0 Å². The fourth-order valence-corrected chi connectivity index (χ4v) is 2.25. The zero-order valence-electron chi connectivity index (χ0n) is 12.1. The van der Waals surface area contributed by atoms with Gasteiger partial charge in [-0.15, -0.1) is 5.10 Å². The van der Waals surface area contributed by atoms with Gasteiger partial charge in [0, 0.05) is 24.8 Å². The molecule has 0 fully saturated rings. The zero-order chi connectivity index (χ0) is 14.7. The van der Waals surface area contributed by atoms with Gasteiger partial charge in [-0.25, -0.2) is 4.68 Å². The van der Waals surface area contributed by atoms with Crippen LogP contribution in [0.5, 0.6) is 0 Å². The highest BCUT2D eigenvalue weighted by molar-refractivity contribution is 5.62. The molecule has 0 bridgehead atoms. The van der Waals surface area contributed by atoms with E-state index in [1.165, 1.54) is 11.1 Å². The van der Waals surface area contributed by atoms with Gasteiger partial charge in [0.05, 0.1) is 0 Å². The molecule has 0 aliphatic carbocycles. The monoisotopic (exact) mass is 279 g/mol. The number of hydrogen-bond donors (Lipinski definition) is 1. The third-order valence-electron chi connectivity index (χ3n) is 3.49. The summed E-state index contributed by atoms with van der Waals surface area (Å²) < 4.78 is 1.67. The Morgan fingerprint density at radius 2 is 1.95 bits per heavy atom. The maximum Gasteiger partial charge on any atom is 0.181 e. The molecule has 1 heterocycles. The van der Waals surface area contributed by atoms with E-state index in [0.717, 1.165) is 23.6 Å². The molecule has 1 aromatic heterocycles. The van der Waals surface area contributed by atoms with E-state index < -0.39 is 0 Å². The fourth-order valence-electron chi connectivity index (χ4n) is 2.25. The smallest absolute Gasteiger partial charge is 0.181 e. The number of nitrogens with zero attached hydrogens (tertiary/aromatic N) is 4. The molecule has 0 spiro atoms. The Labute approximate surface area is 123 Å². The molecule has 106 valence electrons. The van der Waals surface area contributed by atoms with E-state index in [2.05, 4.69) is 58.1 Å². The summed E-state index contributed by atoms with van der Waals surface area (Å²) in [5.41, 5.74) is 4.64. The van der Waals surface area contributed by atoms with Gasteiger partial charge in [-0.2, -0.15) is 0 Å². The summed E-state index contributed by atoms with van der Waals surface area (Å²) in [6.45, 7) is 2.92. The van der Waals surface area contributed by atoms with Crippen LogP contribution >= 0.6 is 0 Å². The summed E-state index contributed by atoms with van der Waals surface area (Å²) in [4.78, 5) is 0. The normalized spacial score (nSPS) is 10.6. The Kier molecular flexibility index (Phi) is 3.64. The van der Waals surface area contributed by atoms with Gasteiger partial charge in [0.1, 0.15) is 0 Å². The number of aryl methyl sites for hydroxylation is 2. The molecule has 0 saturated carbocycles. The molecule has 0 aliphatic rings. The SMILES string of the molecule is Cc1ccccc1CNc1cccc(-c2nnnn2C)c1. The van der Waals surface area contributed by atoms with Crippen molar-refractivity contribution in [3.63, 3.8) is 0 Å². The molecular formula is C16H17N5. The highest BCUT2D eigenvalue weighted by Crippen LogP contribution is 2.20.